The third-order valence-electron chi connectivity index (χ3n) is 7.48. The highest BCUT2D eigenvalue weighted by Crippen LogP contribution is 2.44. The van der Waals surface area contributed by atoms with Crippen LogP contribution in [0.1, 0.15) is 139 Å². The van der Waals surface area contributed by atoms with Crippen LogP contribution in [0.4, 0.5) is 0 Å². The van der Waals surface area contributed by atoms with Gasteiger partial charge in [-0.1, -0.05) is 152 Å². The first-order valence-electron chi connectivity index (χ1n) is 14.1. The van der Waals surface area contributed by atoms with Gasteiger partial charge >= 0.3 is 5.97 Å². The minimum Gasteiger partial charge on any atom is -0.425 e. The maximum Gasteiger partial charge on any atom is 0.323 e. The molecule has 0 aromatic heterocycles. The number of hydrogen-bond acceptors (Lipinski definition) is 2. The molecule has 2 unspecified atom stereocenters. The Kier molecular flexibility index (Phi) is 11.7. The summed E-state index contributed by atoms with van der Waals surface area (Å²) in [6.45, 7) is 4.57. The third kappa shape index (κ3) is 8.00. The van der Waals surface area contributed by atoms with E-state index >= 15 is 0 Å². The topological polar surface area (TPSA) is 26.3 Å². The summed E-state index contributed by atoms with van der Waals surface area (Å²) in [6.07, 6.45) is 20.6. The number of hydrogen-bond donors (Lipinski definition) is 0. The molecule has 2 aromatic rings. The number of para-hydroxylation sites is 1. The molecule has 0 N–H and O–H groups in total. The van der Waals surface area contributed by atoms with Crippen LogP contribution in [0.15, 0.2) is 48.5 Å². The van der Waals surface area contributed by atoms with Crippen LogP contribution in [0.3, 0.4) is 0 Å². The number of carbonyl (C=O) groups excluding carboxylic acids is 1. The highest BCUT2D eigenvalue weighted by Gasteiger charge is 2.36. The van der Waals surface area contributed by atoms with Gasteiger partial charge in [0, 0.05) is 5.56 Å². The first kappa shape index (κ1) is 26.5. The van der Waals surface area contributed by atoms with Gasteiger partial charge in [-0.05, 0) is 23.5 Å². The van der Waals surface area contributed by atoms with Crippen molar-refractivity contribution in [2.24, 2.45) is 0 Å². The van der Waals surface area contributed by atoms with Crippen molar-refractivity contribution in [1.82, 2.24) is 0 Å². The number of fused-ring (bicyclic) bond motifs is 1. The Bertz CT molecular complexity index is 841. The lowest BCUT2D eigenvalue weighted by Crippen LogP contribution is -2.11. The number of unbranched alkanes of at least 4 members (excludes halogenated alkanes) is 13. The summed E-state index contributed by atoms with van der Waals surface area (Å²) in [7, 11) is 0. The number of ether oxygens (including phenoxy) is 1. The highest BCUT2D eigenvalue weighted by atomic mass is 16.5. The second-order valence-electron chi connectivity index (χ2n) is 10.3. The van der Waals surface area contributed by atoms with Gasteiger partial charge in [-0.15, -0.1) is 0 Å². The van der Waals surface area contributed by atoms with E-state index in [1.54, 1.807) is 0 Å². The molecular formula is C32H46O2. The van der Waals surface area contributed by atoms with Gasteiger partial charge in [-0.2, -0.15) is 0 Å². The van der Waals surface area contributed by atoms with Crippen molar-refractivity contribution >= 4 is 5.97 Å². The maximum absolute atomic E-state index is 12.7. The minimum absolute atomic E-state index is 0.141. The van der Waals surface area contributed by atoms with Crippen molar-refractivity contribution < 1.29 is 9.53 Å². The van der Waals surface area contributed by atoms with E-state index in [1.165, 1.54) is 95.5 Å². The fourth-order valence-electron chi connectivity index (χ4n) is 5.35. The molecule has 34 heavy (non-hydrogen) atoms. The lowest BCUT2D eigenvalue weighted by molar-refractivity contribution is -0.133. The molecule has 0 radical (unpaired) electrons. The molecule has 0 fully saturated rings. The normalized spacial score (nSPS) is 15.8. The molecule has 0 saturated carbocycles. The van der Waals surface area contributed by atoms with Gasteiger partial charge in [0.05, 0.1) is 0 Å². The van der Waals surface area contributed by atoms with Crippen molar-refractivity contribution in [3.63, 3.8) is 0 Å². The van der Waals surface area contributed by atoms with E-state index in [4.69, 9.17) is 4.74 Å². The fraction of sp³-hybridized carbons (Fsp3) is 0.594. The number of esters is 1. The Morgan fingerprint density at radius 2 is 1.26 bits per heavy atom. The summed E-state index contributed by atoms with van der Waals surface area (Å²) in [6, 6.07) is 16.3. The maximum atomic E-state index is 12.7. The van der Waals surface area contributed by atoms with Gasteiger partial charge in [-0.25, -0.2) is 0 Å². The van der Waals surface area contributed by atoms with Crippen molar-refractivity contribution in [3.05, 3.63) is 65.2 Å². The van der Waals surface area contributed by atoms with Gasteiger partial charge in [0.15, 0.2) is 0 Å². The van der Waals surface area contributed by atoms with Gasteiger partial charge in [-0.3, -0.25) is 4.79 Å². The zero-order valence-electron chi connectivity index (χ0n) is 21.7. The molecule has 3 rings (SSSR count). The van der Waals surface area contributed by atoms with E-state index in [1.807, 2.05) is 30.3 Å². The van der Waals surface area contributed by atoms with Crippen LogP contribution in [0.25, 0.3) is 0 Å². The second-order valence-corrected chi connectivity index (χ2v) is 10.3. The van der Waals surface area contributed by atoms with E-state index < -0.39 is 0 Å². The predicted octanol–water partition coefficient (Wildman–Crippen LogP) is 9.71. The van der Waals surface area contributed by atoms with Crippen LogP contribution >= 0.6 is 0 Å². The van der Waals surface area contributed by atoms with Crippen LogP contribution in [0.2, 0.25) is 0 Å². The lowest BCUT2D eigenvalue weighted by Gasteiger charge is -2.15. The highest BCUT2D eigenvalue weighted by molar-refractivity contribution is 5.90. The average Bonchev–Trinajstić information content (AvgIpc) is 3.20. The van der Waals surface area contributed by atoms with Gasteiger partial charge < -0.3 is 4.74 Å². The lowest BCUT2D eigenvalue weighted by atomic mass is 9.88. The van der Waals surface area contributed by atoms with Gasteiger partial charge in [0.25, 0.3) is 0 Å². The molecule has 0 aliphatic carbocycles. The standard InChI is InChI=1S/C32H46O2/c1-3-4-5-6-7-8-9-10-11-12-13-14-15-17-21-26(2)28-24-20-25-29-30(32(33)34-31(28)29)27-22-18-16-19-23-27/h16,18-20,22-26,30H,3-15,17,21H2,1-2H3. The van der Waals surface area contributed by atoms with Crippen molar-refractivity contribution in [2.75, 3.05) is 0 Å². The van der Waals surface area contributed by atoms with Crippen LogP contribution in [0.5, 0.6) is 5.75 Å². The molecule has 0 bridgehead atoms. The third-order valence-corrected chi connectivity index (χ3v) is 7.48. The molecule has 1 aliphatic heterocycles. The quantitative estimate of drug-likeness (QED) is 0.133. The minimum atomic E-state index is -0.288. The molecule has 2 atom stereocenters. The molecule has 186 valence electrons. The van der Waals surface area contributed by atoms with Crippen LogP contribution in [-0.4, -0.2) is 5.97 Å². The SMILES string of the molecule is CCCCCCCCCCCCCCCCC(C)c1cccc2c1OC(=O)C2c1ccccc1. The van der Waals surface area contributed by atoms with E-state index in [0.717, 1.165) is 23.3 Å². The zero-order chi connectivity index (χ0) is 24.0. The summed E-state index contributed by atoms with van der Waals surface area (Å²) in [4.78, 5) is 12.7. The van der Waals surface area contributed by atoms with E-state index in [2.05, 4.69) is 32.0 Å². The van der Waals surface area contributed by atoms with Crippen molar-refractivity contribution in [1.29, 1.82) is 0 Å². The van der Waals surface area contributed by atoms with Gasteiger partial charge in [0.2, 0.25) is 0 Å². The Hall–Kier alpha value is -2.09. The van der Waals surface area contributed by atoms with Crippen LogP contribution < -0.4 is 4.74 Å². The molecule has 1 aliphatic rings. The van der Waals surface area contributed by atoms with E-state index in [0.29, 0.717) is 5.92 Å². The van der Waals surface area contributed by atoms with E-state index in [9.17, 15) is 4.79 Å². The predicted molar refractivity (Wildman–Crippen MR) is 144 cm³/mol. The monoisotopic (exact) mass is 462 g/mol. The zero-order valence-corrected chi connectivity index (χ0v) is 21.7. The molecule has 2 heteroatoms. The summed E-state index contributed by atoms with van der Waals surface area (Å²) in [5, 5.41) is 0. The average molecular weight is 463 g/mol. The van der Waals surface area contributed by atoms with Crippen molar-refractivity contribution in [3.8, 4) is 5.75 Å². The Morgan fingerprint density at radius 3 is 1.85 bits per heavy atom. The van der Waals surface area contributed by atoms with Crippen LogP contribution in [-0.2, 0) is 4.79 Å². The number of carbonyl (C=O) groups is 1. The van der Waals surface area contributed by atoms with E-state index in [-0.39, 0.29) is 11.9 Å². The molecule has 2 aromatic carbocycles. The second kappa shape index (κ2) is 15.0. The summed E-state index contributed by atoms with van der Waals surface area (Å²) < 4.78 is 5.81. The molecule has 0 spiro atoms. The molecule has 0 amide bonds. The summed E-state index contributed by atoms with van der Waals surface area (Å²) in [5.41, 5.74) is 3.24. The largest absolute Gasteiger partial charge is 0.425 e. The summed E-state index contributed by atoms with van der Waals surface area (Å²) >= 11 is 0. The molecule has 0 saturated heterocycles. The Labute approximate surface area is 208 Å². The Balaban J connectivity index is 1.31. The Morgan fingerprint density at radius 1 is 0.706 bits per heavy atom. The van der Waals surface area contributed by atoms with Crippen molar-refractivity contribution in [2.45, 2.75) is 122 Å². The summed E-state index contributed by atoms with van der Waals surface area (Å²) in [5.74, 6) is 0.801. The molecule has 2 nitrogen and oxygen atoms in total. The van der Waals surface area contributed by atoms with Gasteiger partial charge in [0.1, 0.15) is 11.7 Å². The number of benzene rings is 2. The fourth-order valence-corrected chi connectivity index (χ4v) is 5.35. The first-order chi connectivity index (χ1) is 16.7. The molecular weight excluding hydrogens is 416 g/mol. The number of rotatable bonds is 17. The first-order valence-corrected chi connectivity index (χ1v) is 14.1. The van der Waals surface area contributed by atoms with Crippen LogP contribution in [0, 0.1) is 0 Å². The molecule has 1 heterocycles. The smallest absolute Gasteiger partial charge is 0.323 e.